The van der Waals surface area contributed by atoms with Crippen LogP contribution in [-0.2, 0) is 0 Å². The zero-order valence-corrected chi connectivity index (χ0v) is 12.4. The molecule has 2 aromatic heterocycles. The van der Waals surface area contributed by atoms with E-state index in [0.29, 0.717) is 17.0 Å². The molecule has 6 heteroatoms. The van der Waals surface area contributed by atoms with Gasteiger partial charge >= 0.3 is 0 Å². The van der Waals surface area contributed by atoms with Crippen LogP contribution in [0.25, 0.3) is 5.78 Å². The second kappa shape index (κ2) is 6.19. The van der Waals surface area contributed by atoms with Crippen molar-refractivity contribution in [2.75, 3.05) is 11.4 Å². The highest BCUT2D eigenvalue weighted by molar-refractivity contribution is 6.29. The monoisotopic (exact) mass is 281 g/mol. The van der Waals surface area contributed by atoms with E-state index in [1.807, 2.05) is 6.07 Å². The molecule has 2 aromatic rings. The molecular weight excluding hydrogens is 262 g/mol. The van der Waals surface area contributed by atoms with Crippen molar-refractivity contribution in [2.45, 2.75) is 46.1 Å². The van der Waals surface area contributed by atoms with Crippen molar-refractivity contribution in [3.63, 3.8) is 0 Å². The van der Waals surface area contributed by atoms with E-state index in [0.717, 1.165) is 18.8 Å². The molecule has 0 radical (unpaired) electrons. The minimum Gasteiger partial charge on any atom is -0.354 e. The van der Waals surface area contributed by atoms with Crippen molar-refractivity contribution in [2.24, 2.45) is 0 Å². The molecule has 2 heterocycles. The van der Waals surface area contributed by atoms with E-state index in [2.05, 4.69) is 40.7 Å². The summed E-state index contributed by atoms with van der Waals surface area (Å²) in [7, 11) is 0. The van der Waals surface area contributed by atoms with E-state index in [1.165, 1.54) is 19.2 Å². The van der Waals surface area contributed by atoms with Crippen LogP contribution in [0.1, 0.15) is 40.0 Å². The maximum absolute atomic E-state index is 6.07. The zero-order chi connectivity index (χ0) is 13.8. The molecule has 0 unspecified atom stereocenters. The molecule has 0 aliphatic heterocycles. The summed E-state index contributed by atoms with van der Waals surface area (Å²) in [6.07, 6.45) is 5.10. The summed E-state index contributed by atoms with van der Waals surface area (Å²) in [4.78, 5) is 10.6. The topological polar surface area (TPSA) is 46.3 Å². The summed E-state index contributed by atoms with van der Waals surface area (Å²) < 4.78 is 1.75. The largest absolute Gasteiger partial charge is 0.354 e. The Kier molecular flexibility index (Phi) is 4.58. The number of aromatic nitrogens is 4. The van der Waals surface area contributed by atoms with E-state index in [1.54, 1.807) is 4.52 Å². The third-order valence-electron chi connectivity index (χ3n) is 3.12. The maximum Gasteiger partial charge on any atom is 0.255 e. The van der Waals surface area contributed by atoms with Crippen molar-refractivity contribution in [3.8, 4) is 0 Å². The van der Waals surface area contributed by atoms with Gasteiger partial charge < -0.3 is 4.90 Å². The molecular formula is C13H20ClN5. The Labute approximate surface area is 118 Å². The van der Waals surface area contributed by atoms with E-state index in [-0.39, 0.29) is 0 Å². The average Bonchev–Trinajstić information content (AvgIpc) is 2.81. The first-order chi connectivity index (χ1) is 9.13. The van der Waals surface area contributed by atoms with E-state index < -0.39 is 0 Å². The molecule has 0 spiro atoms. The Hall–Kier alpha value is -1.36. The molecule has 0 atom stereocenters. The van der Waals surface area contributed by atoms with Crippen LogP contribution < -0.4 is 4.90 Å². The fourth-order valence-corrected chi connectivity index (χ4v) is 2.32. The smallest absolute Gasteiger partial charge is 0.255 e. The van der Waals surface area contributed by atoms with Crippen molar-refractivity contribution in [3.05, 3.63) is 17.5 Å². The quantitative estimate of drug-likeness (QED) is 0.603. The molecule has 104 valence electrons. The number of unbranched alkanes of at least 4 members (excludes halogenated alkanes) is 2. The first-order valence-corrected chi connectivity index (χ1v) is 7.14. The van der Waals surface area contributed by atoms with Crippen molar-refractivity contribution in [1.82, 2.24) is 19.6 Å². The molecule has 0 aromatic carbocycles. The van der Waals surface area contributed by atoms with Gasteiger partial charge in [0, 0.05) is 18.7 Å². The molecule has 0 bridgehead atoms. The zero-order valence-electron chi connectivity index (χ0n) is 11.7. The minimum atomic E-state index is 0.378. The van der Waals surface area contributed by atoms with Crippen molar-refractivity contribution in [1.29, 1.82) is 0 Å². The predicted molar refractivity (Wildman–Crippen MR) is 77.8 cm³/mol. The van der Waals surface area contributed by atoms with Gasteiger partial charge in [-0.05, 0) is 20.3 Å². The summed E-state index contributed by atoms with van der Waals surface area (Å²) in [5, 5.41) is 4.69. The van der Waals surface area contributed by atoms with E-state index in [9.17, 15) is 0 Å². The molecule has 0 aliphatic carbocycles. The van der Waals surface area contributed by atoms with Gasteiger partial charge in [-0.15, -0.1) is 0 Å². The third kappa shape index (κ3) is 3.15. The van der Waals surface area contributed by atoms with Gasteiger partial charge in [0.15, 0.2) is 0 Å². The highest BCUT2D eigenvalue weighted by atomic mass is 35.5. The number of hydrogen-bond donors (Lipinski definition) is 0. The van der Waals surface area contributed by atoms with Crippen LogP contribution in [0.3, 0.4) is 0 Å². The summed E-state index contributed by atoms with van der Waals surface area (Å²) in [5.74, 6) is 1.50. The second-order valence-electron chi connectivity index (χ2n) is 4.90. The average molecular weight is 282 g/mol. The van der Waals surface area contributed by atoms with Gasteiger partial charge in [0.05, 0.1) is 0 Å². The lowest BCUT2D eigenvalue weighted by atomic mass is 10.2. The van der Waals surface area contributed by atoms with E-state index in [4.69, 9.17) is 11.6 Å². The van der Waals surface area contributed by atoms with Gasteiger partial charge in [-0.3, -0.25) is 0 Å². The fourth-order valence-electron chi connectivity index (χ4n) is 2.14. The molecule has 19 heavy (non-hydrogen) atoms. The van der Waals surface area contributed by atoms with Crippen LogP contribution in [0.2, 0.25) is 5.15 Å². The Morgan fingerprint density at radius 1 is 1.37 bits per heavy atom. The molecule has 0 N–H and O–H groups in total. The van der Waals surface area contributed by atoms with Gasteiger partial charge in [0.1, 0.15) is 17.3 Å². The number of halogens is 1. The van der Waals surface area contributed by atoms with Crippen LogP contribution in [0.4, 0.5) is 5.82 Å². The van der Waals surface area contributed by atoms with Crippen LogP contribution in [-0.4, -0.2) is 32.2 Å². The van der Waals surface area contributed by atoms with E-state index >= 15 is 0 Å². The molecule has 0 amide bonds. The maximum atomic E-state index is 6.07. The molecule has 0 saturated heterocycles. The molecule has 0 fully saturated rings. The van der Waals surface area contributed by atoms with Gasteiger partial charge in [-0.25, -0.2) is 0 Å². The van der Waals surface area contributed by atoms with Crippen LogP contribution >= 0.6 is 11.6 Å². The number of fused-ring (bicyclic) bond motifs is 1. The number of anilines is 1. The van der Waals surface area contributed by atoms with Crippen molar-refractivity contribution >= 4 is 23.2 Å². The predicted octanol–water partition coefficient (Wildman–Crippen LogP) is 3.18. The fraction of sp³-hybridized carbons (Fsp3) is 0.615. The highest BCUT2D eigenvalue weighted by Gasteiger charge is 2.16. The SMILES string of the molecule is CCCCCN(c1cc(Cl)nc2ncnn12)C(C)C. The normalized spacial score (nSPS) is 11.4. The van der Waals surface area contributed by atoms with Crippen LogP contribution in [0.15, 0.2) is 12.4 Å². The van der Waals surface area contributed by atoms with Gasteiger partial charge in [0.2, 0.25) is 0 Å². The Bertz CT molecular complexity index is 537. The number of rotatable bonds is 6. The molecule has 0 aliphatic rings. The summed E-state index contributed by atoms with van der Waals surface area (Å²) in [6.45, 7) is 7.53. The third-order valence-corrected chi connectivity index (χ3v) is 3.32. The first-order valence-electron chi connectivity index (χ1n) is 6.76. The molecule has 0 saturated carbocycles. The lowest BCUT2D eigenvalue weighted by Crippen LogP contribution is -2.33. The lowest BCUT2D eigenvalue weighted by Gasteiger charge is -2.28. The number of nitrogens with zero attached hydrogens (tertiary/aromatic N) is 5. The van der Waals surface area contributed by atoms with Gasteiger partial charge in [0.25, 0.3) is 5.78 Å². The standard InChI is InChI=1S/C13H20ClN5/c1-4-5-6-7-18(10(2)3)12-8-11(14)17-13-15-9-16-19(12)13/h8-10H,4-7H2,1-3H3. The summed E-state index contributed by atoms with van der Waals surface area (Å²) in [6, 6.07) is 2.23. The Morgan fingerprint density at radius 3 is 2.84 bits per heavy atom. The Morgan fingerprint density at radius 2 is 2.16 bits per heavy atom. The second-order valence-corrected chi connectivity index (χ2v) is 5.29. The number of hydrogen-bond acceptors (Lipinski definition) is 4. The van der Waals surface area contributed by atoms with Gasteiger partial charge in [-0.1, -0.05) is 31.4 Å². The van der Waals surface area contributed by atoms with Crippen LogP contribution in [0, 0.1) is 0 Å². The lowest BCUT2D eigenvalue weighted by molar-refractivity contribution is 0.612. The van der Waals surface area contributed by atoms with Crippen molar-refractivity contribution < 1.29 is 0 Å². The summed E-state index contributed by atoms with van der Waals surface area (Å²) in [5.41, 5.74) is 0. The molecule has 2 rings (SSSR count). The molecule has 5 nitrogen and oxygen atoms in total. The summed E-state index contributed by atoms with van der Waals surface area (Å²) >= 11 is 6.07. The minimum absolute atomic E-state index is 0.378. The van der Waals surface area contributed by atoms with Gasteiger partial charge in [-0.2, -0.15) is 19.6 Å². The first kappa shape index (κ1) is 14.1. The van der Waals surface area contributed by atoms with Crippen LogP contribution in [0.5, 0.6) is 0 Å². The highest BCUT2D eigenvalue weighted by Crippen LogP contribution is 2.21. The Balaban J connectivity index is 2.35.